The topological polar surface area (TPSA) is 197 Å². The van der Waals surface area contributed by atoms with Gasteiger partial charge in [0.1, 0.15) is 47.2 Å². The van der Waals surface area contributed by atoms with E-state index in [1.54, 1.807) is 36.6 Å². The van der Waals surface area contributed by atoms with E-state index in [9.17, 15) is 30.3 Å². The van der Waals surface area contributed by atoms with Crippen molar-refractivity contribution in [1.82, 2.24) is 4.90 Å². The van der Waals surface area contributed by atoms with E-state index in [2.05, 4.69) is 23.1 Å². The average molecular weight is 894 g/mol. The number of aliphatic hydroxyl groups excluding tert-OH is 3. The van der Waals surface area contributed by atoms with Crippen LogP contribution >= 0.6 is 0 Å². The van der Waals surface area contributed by atoms with Gasteiger partial charge in [-0.2, -0.15) is 4.99 Å². The van der Waals surface area contributed by atoms with Gasteiger partial charge in [-0.1, -0.05) is 36.6 Å². The van der Waals surface area contributed by atoms with Crippen LogP contribution < -0.4 is 9.47 Å². The highest BCUT2D eigenvalue weighted by Gasteiger charge is 2.59. The van der Waals surface area contributed by atoms with E-state index in [1.165, 1.54) is 12.0 Å². The number of carbonyl (C=O) groups is 2. The number of Topliss-reactive ketones (excluding diaryl/α,β-unsaturated/α-hetero) is 1. The molecule has 14 nitrogen and oxygen atoms in total. The molecule has 3 aromatic carbocycles. The Balaban J connectivity index is 1.16. The first kappa shape index (κ1) is 42.5. The van der Waals surface area contributed by atoms with Gasteiger partial charge in [0.25, 0.3) is 5.91 Å². The van der Waals surface area contributed by atoms with Crippen LogP contribution in [0.15, 0.2) is 76.0 Å². The molecular formula is C52H49N2O12+. The highest BCUT2D eigenvalue weighted by molar-refractivity contribution is 6.14. The summed E-state index contributed by atoms with van der Waals surface area (Å²) in [7, 11) is 1.50. The SMILES string of the molecule is COc1cc2c3c(c4c(O)c2c2c1C=CC(C1=C5[CH+]C(CCCO)=CC=C5N=C1)OCC1OC(O2)C(O)(CO)C(OC#CCc2cccc5c2CN(CC4=O)C5=O)C1O)C1CCCC1C=C3. The number of aromatic hydroxyl groups is 1. The van der Waals surface area contributed by atoms with Crippen molar-refractivity contribution in [2.45, 2.75) is 87.3 Å². The normalized spacial score (nSPS) is 29.3. The molecule has 8 unspecified atom stereocenters. The molecule has 1 amide bonds. The number of benzene rings is 3. The van der Waals surface area contributed by atoms with Gasteiger partial charge in [0.15, 0.2) is 23.2 Å². The number of hydrogen-bond acceptors (Lipinski definition) is 13. The molecule has 5 heterocycles. The molecule has 14 heteroatoms. The van der Waals surface area contributed by atoms with Crippen LogP contribution in [-0.4, -0.2) is 118 Å². The smallest absolute Gasteiger partial charge is 0.254 e. The largest absolute Gasteiger partial charge is 0.506 e. The summed E-state index contributed by atoms with van der Waals surface area (Å²) in [6.07, 6.45) is 14.7. The molecule has 3 aliphatic carbocycles. The molecule has 1 saturated carbocycles. The molecule has 0 spiro atoms. The van der Waals surface area contributed by atoms with E-state index < -0.39 is 48.7 Å². The lowest BCUT2D eigenvalue weighted by atomic mass is 9.75. The Labute approximate surface area is 380 Å². The highest BCUT2D eigenvalue weighted by atomic mass is 16.7. The molecule has 66 heavy (non-hydrogen) atoms. The number of nitrogens with zero attached hydrogens (tertiary/aromatic N) is 2. The fourth-order valence-corrected chi connectivity index (χ4v) is 11.1. The number of aliphatic hydroxyl groups is 4. The minimum absolute atomic E-state index is 0.0430. The van der Waals surface area contributed by atoms with E-state index >= 15 is 4.79 Å². The van der Waals surface area contributed by atoms with E-state index in [-0.39, 0.29) is 78.5 Å². The molecule has 1 saturated heterocycles. The number of aliphatic imine (C=N–C) groups is 1. The van der Waals surface area contributed by atoms with E-state index in [0.717, 1.165) is 41.7 Å². The lowest BCUT2D eigenvalue weighted by molar-refractivity contribution is -0.327. The average Bonchev–Trinajstić information content (AvgIpc) is 4.06. The number of phenols is 1. The van der Waals surface area contributed by atoms with E-state index in [0.29, 0.717) is 51.8 Å². The fourth-order valence-electron chi connectivity index (χ4n) is 11.1. The third-order valence-electron chi connectivity index (χ3n) is 14.5. The van der Waals surface area contributed by atoms with Crippen molar-refractivity contribution in [2.24, 2.45) is 10.9 Å². The van der Waals surface area contributed by atoms with E-state index in [1.807, 2.05) is 30.7 Å². The summed E-state index contributed by atoms with van der Waals surface area (Å²) in [5.74, 6) is 2.12. The summed E-state index contributed by atoms with van der Waals surface area (Å²) in [5.41, 5.74) is 4.36. The Hall–Kier alpha value is -6.18. The number of ketones is 1. The molecule has 5 N–H and O–H groups in total. The van der Waals surface area contributed by atoms with Gasteiger partial charge in [-0.05, 0) is 84.1 Å². The summed E-state index contributed by atoms with van der Waals surface area (Å²) in [6, 6.07) is 7.10. The molecule has 8 aliphatic rings. The number of methoxy groups -OCH3 is 1. The molecule has 0 aromatic heterocycles. The van der Waals surface area contributed by atoms with Crippen molar-refractivity contribution in [2.75, 3.05) is 33.5 Å². The Morgan fingerprint density at radius 2 is 1.95 bits per heavy atom. The zero-order chi connectivity index (χ0) is 45.4. The van der Waals surface area contributed by atoms with Crippen LogP contribution in [0.1, 0.15) is 86.6 Å². The van der Waals surface area contributed by atoms with Crippen LogP contribution in [-0.2, 0) is 27.2 Å². The van der Waals surface area contributed by atoms with Gasteiger partial charge in [-0.3, -0.25) is 9.59 Å². The molecule has 5 aliphatic heterocycles. The third kappa shape index (κ3) is 6.71. The number of allylic oxidation sites excluding steroid dienone is 5. The highest BCUT2D eigenvalue weighted by Crippen LogP contribution is 2.55. The third-order valence-corrected chi connectivity index (χ3v) is 14.5. The first-order valence-corrected chi connectivity index (χ1v) is 22.6. The van der Waals surface area contributed by atoms with E-state index in [4.69, 9.17) is 23.7 Å². The minimum atomic E-state index is -2.48. The predicted molar refractivity (Wildman–Crippen MR) is 242 cm³/mol. The number of carbonyl (C=O) groups excluding carboxylic acids is 2. The molecule has 0 radical (unpaired) electrons. The van der Waals surface area contributed by atoms with Crippen molar-refractivity contribution in [1.29, 1.82) is 0 Å². The summed E-state index contributed by atoms with van der Waals surface area (Å²) >= 11 is 0. The second kappa shape index (κ2) is 16.6. The minimum Gasteiger partial charge on any atom is -0.506 e. The van der Waals surface area contributed by atoms with Crippen LogP contribution in [0.2, 0.25) is 0 Å². The number of phenolic OH excluding ortho intramolecular Hbond substituents is 1. The molecule has 11 rings (SSSR count). The van der Waals surface area contributed by atoms with Crippen LogP contribution in [0.3, 0.4) is 0 Å². The second-order valence-corrected chi connectivity index (χ2v) is 18.1. The number of hydrogen-bond donors (Lipinski definition) is 5. The monoisotopic (exact) mass is 893 g/mol. The Morgan fingerprint density at radius 3 is 2.79 bits per heavy atom. The lowest BCUT2D eigenvalue weighted by Crippen LogP contribution is -2.70. The predicted octanol–water partition coefficient (Wildman–Crippen LogP) is 4.99. The maximum Gasteiger partial charge on any atom is 0.254 e. The summed E-state index contributed by atoms with van der Waals surface area (Å²) in [4.78, 5) is 35.3. The quantitative estimate of drug-likeness (QED) is 0.165. The van der Waals surface area contributed by atoms with Gasteiger partial charge in [-0.25, -0.2) is 0 Å². The number of fused-ring (bicyclic) bond motifs is 10. The van der Waals surface area contributed by atoms with Crippen molar-refractivity contribution < 1.29 is 58.8 Å². The van der Waals surface area contributed by atoms with Crippen molar-refractivity contribution >= 4 is 40.8 Å². The standard InChI is InChI=1S/C52H48N2O12/c1-62-41-21-35-31-14-13-29-8-2-10-30(29)43(31)45-39(57)24-54-23-37-28(7-3-11-32(37)50(54)60)9-5-19-63-49-46(58)42-25-64-40(36-22-53-38-16-12-27(6-4-18-55)20-34(36)38)17-15-33(41)48(44(35)47(45)59)66-51(65-42)52(49,61)26-56/h3,7,11-17,20-22,29-30,40,42,46,49,51,55-56,58,61H,2,4,6,8-10,18,23-26H2,1H3/p+1. The van der Waals surface area contributed by atoms with Gasteiger partial charge in [0, 0.05) is 54.7 Å². The molecule has 8 atom stereocenters. The maximum atomic E-state index is 15.1. The van der Waals surface area contributed by atoms with Crippen LogP contribution in [0.25, 0.3) is 22.9 Å². The molecule has 8 bridgehead atoms. The second-order valence-electron chi connectivity index (χ2n) is 18.1. The van der Waals surface area contributed by atoms with Crippen LogP contribution in [0.5, 0.6) is 17.2 Å². The van der Waals surface area contributed by atoms with Gasteiger partial charge in [0.2, 0.25) is 6.29 Å². The summed E-state index contributed by atoms with van der Waals surface area (Å²) < 4.78 is 32.1. The fraction of sp³-hybridized carbons (Fsp3) is 0.385. The molecular weight excluding hydrogens is 845 g/mol. The van der Waals surface area contributed by atoms with Gasteiger partial charge in [-0.15, -0.1) is 0 Å². The van der Waals surface area contributed by atoms with Gasteiger partial charge >= 0.3 is 0 Å². The first-order valence-electron chi connectivity index (χ1n) is 22.6. The van der Waals surface area contributed by atoms with Crippen LogP contribution in [0, 0.1) is 24.4 Å². The van der Waals surface area contributed by atoms with Crippen molar-refractivity contribution in [3.63, 3.8) is 0 Å². The molecule has 2 fully saturated rings. The Bertz CT molecular complexity index is 2840. The molecule has 338 valence electrons. The maximum absolute atomic E-state index is 15.1. The van der Waals surface area contributed by atoms with Crippen LogP contribution in [0.4, 0.5) is 0 Å². The Morgan fingerprint density at radius 1 is 1.09 bits per heavy atom. The van der Waals surface area contributed by atoms with Gasteiger partial charge < -0.3 is 54.1 Å². The number of amides is 1. The summed E-state index contributed by atoms with van der Waals surface area (Å²) in [6.45, 7) is -1.40. The summed E-state index contributed by atoms with van der Waals surface area (Å²) in [5, 5.41) is 58.8. The van der Waals surface area contributed by atoms with Gasteiger partial charge in [0.05, 0.1) is 55.2 Å². The van der Waals surface area contributed by atoms with Crippen molar-refractivity contribution in [3.05, 3.63) is 116 Å². The number of ether oxygens (including phenoxy) is 5. The van der Waals surface area contributed by atoms with Crippen molar-refractivity contribution in [3.8, 4) is 29.3 Å². The Kier molecular flexibility index (Phi) is 10.7. The number of rotatable bonds is 6. The first-order chi connectivity index (χ1) is 32.1. The zero-order valence-electron chi connectivity index (χ0n) is 36.2. The lowest BCUT2D eigenvalue weighted by Gasteiger charge is -2.47. The zero-order valence-corrected chi connectivity index (χ0v) is 36.2. The molecule has 3 aromatic rings.